The van der Waals surface area contributed by atoms with Crippen molar-refractivity contribution >= 4 is 35.0 Å². The fourth-order valence-corrected chi connectivity index (χ4v) is 3.24. The minimum atomic E-state index is -0.0871. The van der Waals surface area contributed by atoms with Crippen LogP contribution in [0.5, 0.6) is 0 Å². The van der Waals surface area contributed by atoms with Crippen molar-refractivity contribution < 1.29 is 4.79 Å². The molecule has 15 heavy (non-hydrogen) atoms. The van der Waals surface area contributed by atoms with Gasteiger partial charge in [0.05, 0.1) is 11.1 Å². The molecule has 0 unspecified atom stereocenters. The third-order valence-electron chi connectivity index (χ3n) is 3.03. The number of anilines is 1. The van der Waals surface area contributed by atoms with E-state index in [0.29, 0.717) is 5.02 Å². The zero-order valence-electron chi connectivity index (χ0n) is 8.05. The van der Waals surface area contributed by atoms with Gasteiger partial charge in [-0.2, -0.15) is 0 Å². The number of hydrogen-bond acceptors (Lipinski definition) is 2. The summed E-state index contributed by atoms with van der Waals surface area (Å²) in [6, 6.07) is 5.66. The van der Waals surface area contributed by atoms with Gasteiger partial charge in [-0.1, -0.05) is 11.6 Å². The molecule has 1 saturated carbocycles. The van der Waals surface area contributed by atoms with Crippen molar-refractivity contribution in [1.29, 1.82) is 0 Å². The lowest BCUT2D eigenvalue weighted by molar-refractivity contribution is -0.120. The highest BCUT2D eigenvalue weighted by atomic mass is 35.5. The third-order valence-corrected chi connectivity index (χ3v) is 4.63. The number of benzene rings is 1. The molecular formula is C11H10ClNOS. The topological polar surface area (TPSA) is 29.1 Å². The maximum atomic E-state index is 11.9. The Morgan fingerprint density at radius 1 is 1.40 bits per heavy atom. The molecule has 0 aromatic heterocycles. The number of carbonyl (C=O) groups is 1. The van der Waals surface area contributed by atoms with Gasteiger partial charge in [0.15, 0.2) is 0 Å². The van der Waals surface area contributed by atoms with Crippen LogP contribution >= 0.6 is 23.4 Å². The first-order chi connectivity index (χ1) is 7.20. The number of hydrogen-bond donors (Lipinski definition) is 1. The zero-order chi connectivity index (χ0) is 10.5. The molecule has 1 fully saturated rings. The molecule has 4 heteroatoms. The summed E-state index contributed by atoms with van der Waals surface area (Å²) in [6.07, 6.45) is 2.04. The summed E-state index contributed by atoms with van der Waals surface area (Å²) in [5, 5.41) is 3.64. The third kappa shape index (κ3) is 1.54. The van der Waals surface area contributed by atoms with E-state index in [2.05, 4.69) is 5.32 Å². The monoisotopic (exact) mass is 239 g/mol. The van der Waals surface area contributed by atoms with Crippen molar-refractivity contribution in [2.45, 2.75) is 17.7 Å². The summed E-state index contributed by atoms with van der Waals surface area (Å²) in [6.45, 7) is 0. The van der Waals surface area contributed by atoms with Crippen LogP contribution in [0.1, 0.15) is 12.8 Å². The number of fused-ring (bicyclic) bond motifs is 1. The van der Waals surface area contributed by atoms with Crippen LogP contribution in [0.2, 0.25) is 5.02 Å². The number of carbonyl (C=O) groups excluding carboxylic acids is 1. The van der Waals surface area contributed by atoms with Crippen LogP contribution in [0, 0.1) is 5.41 Å². The fourth-order valence-electron chi connectivity index (χ4n) is 1.78. The van der Waals surface area contributed by atoms with Gasteiger partial charge in [-0.25, -0.2) is 0 Å². The average molecular weight is 240 g/mol. The molecule has 2 aliphatic rings. The van der Waals surface area contributed by atoms with Crippen LogP contribution in [0.4, 0.5) is 5.69 Å². The van der Waals surface area contributed by atoms with Crippen LogP contribution < -0.4 is 5.32 Å². The van der Waals surface area contributed by atoms with Crippen LogP contribution in [-0.2, 0) is 4.79 Å². The predicted octanol–water partition coefficient (Wildman–Crippen LogP) is 3.16. The van der Waals surface area contributed by atoms with Crippen LogP contribution in [0.3, 0.4) is 0 Å². The Hall–Kier alpha value is -0.670. The second kappa shape index (κ2) is 3.16. The second-order valence-electron chi connectivity index (χ2n) is 4.16. The summed E-state index contributed by atoms with van der Waals surface area (Å²) in [5.41, 5.74) is 0.775. The Kier molecular flexibility index (Phi) is 2.01. The average Bonchev–Trinajstić information content (AvgIpc) is 2.98. The molecular weight excluding hydrogens is 230 g/mol. The van der Waals surface area contributed by atoms with E-state index in [1.807, 2.05) is 18.2 Å². The van der Waals surface area contributed by atoms with E-state index in [0.717, 1.165) is 29.2 Å². The van der Waals surface area contributed by atoms with Gasteiger partial charge in [0.1, 0.15) is 0 Å². The molecule has 1 aliphatic carbocycles. The van der Waals surface area contributed by atoms with Crippen molar-refractivity contribution in [2.75, 3.05) is 11.1 Å². The minimum absolute atomic E-state index is 0.0871. The zero-order valence-corrected chi connectivity index (χ0v) is 9.62. The minimum Gasteiger partial charge on any atom is -0.325 e. The maximum Gasteiger partial charge on any atom is 0.231 e. The molecule has 1 aromatic carbocycles. The van der Waals surface area contributed by atoms with E-state index < -0.39 is 0 Å². The standard InChI is InChI=1S/C11H10ClNOS/c12-7-1-2-9-8(5-7)13-10(14)11(3-4-11)6-15-9/h1-2,5H,3-4,6H2,(H,13,14). The van der Waals surface area contributed by atoms with Crippen LogP contribution in [-0.4, -0.2) is 11.7 Å². The Labute approximate surface area is 97.4 Å². The molecule has 3 rings (SSSR count). The fraction of sp³-hybridized carbons (Fsp3) is 0.364. The number of amides is 1. The Morgan fingerprint density at radius 2 is 2.20 bits per heavy atom. The molecule has 1 aliphatic heterocycles. The summed E-state index contributed by atoms with van der Waals surface area (Å²) >= 11 is 7.65. The predicted molar refractivity (Wildman–Crippen MR) is 62.5 cm³/mol. The van der Waals surface area contributed by atoms with Gasteiger partial charge in [-0.05, 0) is 31.0 Å². The smallest absolute Gasteiger partial charge is 0.231 e. The van der Waals surface area contributed by atoms with E-state index in [9.17, 15) is 4.79 Å². The van der Waals surface area contributed by atoms with Crippen LogP contribution in [0.15, 0.2) is 23.1 Å². The van der Waals surface area contributed by atoms with E-state index >= 15 is 0 Å². The van der Waals surface area contributed by atoms with Crippen molar-refractivity contribution in [1.82, 2.24) is 0 Å². The lowest BCUT2D eigenvalue weighted by atomic mass is 10.1. The van der Waals surface area contributed by atoms with E-state index in [1.54, 1.807) is 11.8 Å². The van der Waals surface area contributed by atoms with Gasteiger partial charge in [-0.15, -0.1) is 11.8 Å². The second-order valence-corrected chi connectivity index (χ2v) is 5.62. The number of thioether (sulfide) groups is 1. The first kappa shape index (κ1) is 9.55. The molecule has 0 radical (unpaired) electrons. The van der Waals surface area contributed by atoms with Crippen molar-refractivity contribution in [3.8, 4) is 0 Å². The molecule has 1 N–H and O–H groups in total. The highest BCUT2D eigenvalue weighted by Gasteiger charge is 2.50. The summed E-state index contributed by atoms with van der Waals surface area (Å²) < 4.78 is 0. The number of nitrogens with one attached hydrogen (secondary N) is 1. The lowest BCUT2D eigenvalue weighted by Crippen LogP contribution is -2.24. The Morgan fingerprint density at radius 3 is 2.93 bits per heavy atom. The Bertz CT molecular complexity index is 442. The van der Waals surface area contributed by atoms with Gasteiger partial charge in [0.2, 0.25) is 5.91 Å². The van der Waals surface area contributed by atoms with E-state index in [1.165, 1.54) is 0 Å². The molecule has 1 aromatic rings. The SMILES string of the molecule is O=C1Nc2cc(Cl)ccc2SCC12CC2. The quantitative estimate of drug-likeness (QED) is 0.754. The molecule has 1 amide bonds. The van der Waals surface area contributed by atoms with E-state index in [-0.39, 0.29) is 11.3 Å². The molecule has 0 bridgehead atoms. The number of halogens is 1. The first-order valence-electron chi connectivity index (χ1n) is 4.93. The van der Waals surface area contributed by atoms with Crippen molar-refractivity contribution in [3.63, 3.8) is 0 Å². The van der Waals surface area contributed by atoms with E-state index in [4.69, 9.17) is 11.6 Å². The van der Waals surface area contributed by atoms with Gasteiger partial charge in [-0.3, -0.25) is 4.79 Å². The van der Waals surface area contributed by atoms with Gasteiger partial charge in [0, 0.05) is 15.7 Å². The summed E-state index contributed by atoms with van der Waals surface area (Å²) in [5.74, 6) is 1.06. The summed E-state index contributed by atoms with van der Waals surface area (Å²) in [4.78, 5) is 13.0. The van der Waals surface area contributed by atoms with Crippen LogP contribution in [0.25, 0.3) is 0 Å². The lowest BCUT2D eigenvalue weighted by Gasteiger charge is -2.08. The largest absolute Gasteiger partial charge is 0.325 e. The van der Waals surface area contributed by atoms with Gasteiger partial charge < -0.3 is 5.32 Å². The summed E-state index contributed by atoms with van der Waals surface area (Å²) in [7, 11) is 0. The molecule has 1 heterocycles. The molecule has 1 spiro atoms. The maximum absolute atomic E-state index is 11.9. The molecule has 2 nitrogen and oxygen atoms in total. The van der Waals surface area contributed by atoms with Gasteiger partial charge >= 0.3 is 0 Å². The van der Waals surface area contributed by atoms with Crippen molar-refractivity contribution in [2.24, 2.45) is 5.41 Å². The normalized spacial score (nSPS) is 21.8. The van der Waals surface area contributed by atoms with Crippen molar-refractivity contribution in [3.05, 3.63) is 23.2 Å². The van der Waals surface area contributed by atoms with Gasteiger partial charge in [0.25, 0.3) is 0 Å². The molecule has 0 saturated heterocycles. The Balaban J connectivity index is 2.00. The molecule has 78 valence electrons. The first-order valence-corrected chi connectivity index (χ1v) is 6.30. The highest BCUT2D eigenvalue weighted by Crippen LogP contribution is 2.52. The highest BCUT2D eigenvalue weighted by molar-refractivity contribution is 7.99. The number of rotatable bonds is 0. The molecule has 0 atom stereocenters.